The van der Waals surface area contributed by atoms with E-state index >= 15 is 0 Å². The predicted molar refractivity (Wildman–Crippen MR) is 85.6 cm³/mol. The van der Waals surface area contributed by atoms with Crippen LogP contribution in [0.5, 0.6) is 0 Å². The first-order valence-electron chi connectivity index (χ1n) is 7.22. The molecule has 0 aliphatic rings. The molecule has 1 aromatic heterocycles. The Hall–Kier alpha value is -1.77. The third-order valence-corrected chi connectivity index (χ3v) is 3.30. The number of hydrogen-bond donors (Lipinski definition) is 1. The molecule has 3 heteroatoms. The molecule has 0 radical (unpaired) electrons. The van der Waals surface area contributed by atoms with Gasteiger partial charge in [-0.3, -0.25) is 0 Å². The number of nitrogens with two attached hydrogens (primary N) is 1. The Labute approximate surface area is 121 Å². The van der Waals surface area contributed by atoms with E-state index in [1.165, 1.54) is 0 Å². The van der Waals surface area contributed by atoms with Gasteiger partial charge in [0.25, 0.3) is 0 Å². The molecular weight excluding hydrogens is 246 g/mol. The van der Waals surface area contributed by atoms with Gasteiger partial charge in [-0.1, -0.05) is 65.0 Å². The molecule has 3 nitrogen and oxygen atoms in total. The van der Waals surface area contributed by atoms with E-state index in [2.05, 4.69) is 51.3 Å². The van der Waals surface area contributed by atoms with E-state index in [0.29, 0.717) is 5.92 Å². The van der Waals surface area contributed by atoms with Crippen LogP contribution in [0.4, 0.5) is 5.82 Å². The molecule has 0 saturated heterocycles. The molecule has 0 unspecified atom stereocenters. The van der Waals surface area contributed by atoms with Gasteiger partial charge in [0.15, 0.2) is 0 Å². The fraction of sp³-hybridized carbons (Fsp3) is 0.471. The number of hydrogen-bond acceptors (Lipinski definition) is 2. The average Bonchev–Trinajstić information content (AvgIpc) is 2.67. The number of nitrogens with zero attached hydrogens (tertiary/aromatic N) is 2. The molecule has 2 N–H and O–H groups in total. The minimum Gasteiger partial charge on any atom is -0.384 e. The highest BCUT2D eigenvalue weighted by Gasteiger charge is 2.25. The Morgan fingerprint density at radius 1 is 1.15 bits per heavy atom. The first-order chi connectivity index (χ1) is 9.30. The Morgan fingerprint density at radius 2 is 1.75 bits per heavy atom. The quantitative estimate of drug-likeness (QED) is 0.914. The monoisotopic (exact) mass is 271 g/mol. The van der Waals surface area contributed by atoms with Crippen molar-refractivity contribution in [1.29, 1.82) is 0 Å². The van der Waals surface area contributed by atoms with Crippen LogP contribution in [0.1, 0.15) is 40.3 Å². The van der Waals surface area contributed by atoms with Crippen molar-refractivity contribution in [3.8, 4) is 11.4 Å². The summed E-state index contributed by atoms with van der Waals surface area (Å²) in [6.07, 6.45) is 0. The van der Waals surface area contributed by atoms with Gasteiger partial charge in [0.05, 0.1) is 5.69 Å². The van der Waals surface area contributed by atoms with Gasteiger partial charge in [-0.25, -0.2) is 4.98 Å². The number of aromatic nitrogens is 2. The van der Waals surface area contributed by atoms with Crippen LogP contribution in [-0.2, 0) is 12.0 Å². The molecule has 0 atom stereocenters. The summed E-state index contributed by atoms with van der Waals surface area (Å²) < 4.78 is 2.15. The molecule has 20 heavy (non-hydrogen) atoms. The number of anilines is 1. The van der Waals surface area contributed by atoms with E-state index in [4.69, 9.17) is 10.7 Å². The van der Waals surface area contributed by atoms with Gasteiger partial charge >= 0.3 is 0 Å². The molecule has 0 amide bonds. The molecule has 0 spiro atoms. The largest absolute Gasteiger partial charge is 0.384 e. The van der Waals surface area contributed by atoms with Crippen LogP contribution < -0.4 is 5.73 Å². The average molecular weight is 271 g/mol. The SMILES string of the molecule is CC(C)Cn1c(-c2ccccc2)nc(C(C)(C)C)c1N. The van der Waals surface area contributed by atoms with Gasteiger partial charge in [0.2, 0.25) is 0 Å². The Balaban J connectivity index is 2.61. The second-order valence-corrected chi connectivity index (χ2v) is 6.79. The molecule has 2 rings (SSSR count). The molecule has 1 aromatic carbocycles. The minimum atomic E-state index is -0.0458. The Morgan fingerprint density at radius 3 is 2.25 bits per heavy atom. The zero-order chi connectivity index (χ0) is 14.9. The summed E-state index contributed by atoms with van der Waals surface area (Å²) in [6, 6.07) is 10.3. The number of imidazole rings is 1. The lowest BCUT2D eigenvalue weighted by molar-refractivity contribution is 0.528. The molecule has 0 aliphatic heterocycles. The lowest BCUT2D eigenvalue weighted by atomic mass is 9.92. The molecule has 0 aliphatic carbocycles. The standard InChI is InChI=1S/C17H25N3/c1-12(2)11-20-15(18)14(17(3,4)5)19-16(20)13-9-7-6-8-10-13/h6-10,12H,11,18H2,1-5H3. The van der Waals surface area contributed by atoms with E-state index in [9.17, 15) is 0 Å². The number of nitrogen functional groups attached to an aromatic ring is 1. The van der Waals surface area contributed by atoms with E-state index in [-0.39, 0.29) is 5.41 Å². The van der Waals surface area contributed by atoms with Crippen LogP contribution in [0.25, 0.3) is 11.4 Å². The van der Waals surface area contributed by atoms with Gasteiger partial charge in [0, 0.05) is 17.5 Å². The van der Waals surface area contributed by atoms with Gasteiger partial charge < -0.3 is 10.3 Å². The van der Waals surface area contributed by atoms with Crippen molar-refractivity contribution < 1.29 is 0 Å². The topological polar surface area (TPSA) is 43.8 Å². The van der Waals surface area contributed by atoms with Crippen molar-refractivity contribution in [2.75, 3.05) is 5.73 Å². The van der Waals surface area contributed by atoms with Crippen molar-refractivity contribution in [3.05, 3.63) is 36.0 Å². The summed E-state index contributed by atoms with van der Waals surface area (Å²) in [5.41, 5.74) is 8.43. The molecule has 108 valence electrons. The van der Waals surface area contributed by atoms with Crippen LogP contribution in [0, 0.1) is 5.92 Å². The first-order valence-corrected chi connectivity index (χ1v) is 7.22. The van der Waals surface area contributed by atoms with Crippen LogP contribution >= 0.6 is 0 Å². The van der Waals surface area contributed by atoms with Gasteiger partial charge in [-0.15, -0.1) is 0 Å². The highest BCUT2D eigenvalue weighted by Crippen LogP contribution is 2.32. The summed E-state index contributed by atoms with van der Waals surface area (Å²) in [5, 5.41) is 0. The zero-order valence-corrected chi connectivity index (χ0v) is 13.1. The summed E-state index contributed by atoms with van der Waals surface area (Å²) in [6.45, 7) is 11.7. The molecular formula is C17H25N3. The second-order valence-electron chi connectivity index (χ2n) is 6.79. The number of benzene rings is 1. The van der Waals surface area contributed by atoms with Crippen LogP contribution in [-0.4, -0.2) is 9.55 Å². The van der Waals surface area contributed by atoms with Crippen molar-refractivity contribution in [1.82, 2.24) is 9.55 Å². The zero-order valence-electron chi connectivity index (χ0n) is 13.1. The smallest absolute Gasteiger partial charge is 0.141 e. The normalized spacial score (nSPS) is 12.1. The van der Waals surface area contributed by atoms with Crippen molar-refractivity contribution in [2.24, 2.45) is 5.92 Å². The summed E-state index contributed by atoms with van der Waals surface area (Å²) in [5.74, 6) is 2.30. The van der Waals surface area contributed by atoms with Crippen LogP contribution in [0.15, 0.2) is 30.3 Å². The van der Waals surface area contributed by atoms with E-state index in [1.54, 1.807) is 0 Å². The summed E-state index contributed by atoms with van der Waals surface area (Å²) >= 11 is 0. The summed E-state index contributed by atoms with van der Waals surface area (Å²) in [7, 11) is 0. The minimum absolute atomic E-state index is 0.0458. The second kappa shape index (κ2) is 5.31. The van der Waals surface area contributed by atoms with Crippen LogP contribution in [0.3, 0.4) is 0 Å². The highest BCUT2D eigenvalue weighted by atomic mass is 15.1. The molecule has 1 heterocycles. The maximum absolute atomic E-state index is 6.38. The van der Waals surface area contributed by atoms with Crippen molar-refractivity contribution in [3.63, 3.8) is 0 Å². The maximum atomic E-state index is 6.38. The maximum Gasteiger partial charge on any atom is 0.141 e. The summed E-state index contributed by atoms with van der Waals surface area (Å²) in [4.78, 5) is 4.84. The van der Waals surface area contributed by atoms with E-state index in [0.717, 1.165) is 29.4 Å². The predicted octanol–water partition coefficient (Wildman–Crippen LogP) is 4.09. The van der Waals surface area contributed by atoms with Gasteiger partial charge in [-0.2, -0.15) is 0 Å². The van der Waals surface area contributed by atoms with Crippen LogP contribution in [0.2, 0.25) is 0 Å². The lowest BCUT2D eigenvalue weighted by Crippen LogP contribution is -2.16. The van der Waals surface area contributed by atoms with Gasteiger partial charge in [-0.05, 0) is 5.92 Å². The third kappa shape index (κ3) is 2.87. The van der Waals surface area contributed by atoms with E-state index < -0.39 is 0 Å². The molecule has 0 saturated carbocycles. The van der Waals surface area contributed by atoms with Crippen molar-refractivity contribution >= 4 is 5.82 Å². The Bertz CT molecular complexity index is 574. The fourth-order valence-electron chi connectivity index (χ4n) is 2.37. The van der Waals surface area contributed by atoms with Crippen molar-refractivity contribution in [2.45, 2.75) is 46.6 Å². The first kappa shape index (κ1) is 14.6. The fourth-order valence-corrected chi connectivity index (χ4v) is 2.37. The molecule has 0 fully saturated rings. The molecule has 0 bridgehead atoms. The highest BCUT2D eigenvalue weighted by molar-refractivity contribution is 5.61. The number of rotatable bonds is 3. The van der Waals surface area contributed by atoms with Gasteiger partial charge in [0.1, 0.15) is 11.6 Å². The van der Waals surface area contributed by atoms with E-state index in [1.807, 2.05) is 18.2 Å². The Kier molecular flexibility index (Phi) is 3.89. The third-order valence-electron chi connectivity index (χ3n) is 3.30. The lowest BCUT2D eigenvalue weighted by Gasteiger charge is -2.17. The molecule has 2 aromatic rings.